The molecule has 0 bridgehead atoms. The summed E-state index contributed by atoms with van der Waals surface area (Å²) in [7, 11) is 0. The average molecular weight is 411 g/mol. The van der Waals surface area contributed by atoms with Crippen LogP contribution in [-0.4, -0.2) is 39.6 Å². The molecule has 1 aliphatic rings. The molecule has 2 aromatic carbocycles. The van der Waals surface area contributed by atoms with Crippen LogP contribution in [0.3, 0.4) is 0 Å². The molecule has 30 heavy (non-hydrogen) atoms. The number of aliphatic hydroxyl groups excluding tert-OH is 1. The lowest BCUT2D eigenvalue weighted by Crippen LogP contribution is -2.46. The zero-order valence-electron chi connectivity index (χ0n) is 18.1. The number of hydrogen-bond donors (Lipinski definition) is 2. The molecule has 1 saturated heterocycles. The number of carbonyl (C=O) groups is 2. The fraction of sp³-hybridized carbons (Fsp3) is 0.417. The Labute approximate surface area is 177 Å². The highest BCUT2D eigenvalue weighted by Crippen LogP contribution is 2.38. The molecule has 6 heteroatoms. The molecule has 3 atom stereocenters. The zero-order valence-corrected chi connectivity index (χ0v) is 18.1. The highest BCUT2D eigenvalue weighted by molar-refractivity contribution is 5.94. The SMILES string of the molecule is CC(C)N1C(=O)C(c2ccc(C(=O)N[C@H](C)[C@@H](O)c3ccccc3)cc2)OC1(C)C. The second kappa shape index (κ2) is 8.58. The van der Waals surface area contributed by atoms with Gasteiger partial charge in [-0.15, -0.1) is 0 Å². The van der Waals surface area contributed by atoms with Gasteiger partial charge >= 0.3 is 0 Å². The first-order chi connectivity index (χ1) is 14.1. The van der Waals surface area contributed by atoms with E-state index in [9.17, 15) is 14.7 Å². The Balaban J connectivity index is 1.68. The van der Waals surface area contributed by atoms with Gasteiger partial charge in [0.25, 0.3) is 11.8 Å². The average Bonchev–Trinajstić information content (AvgIpc) is 2.96. The fourth-order valence-electron chi connectivity index (χ4n) is 3.99. The second-order valence-corrected chi connectivity index (χ2v) is 8.49. The minimum absolute atomic E-state index is 0.0279. The second-order valence-electron chi connectivity index (χ2n) is 8.49. The Hall–Kier alpha value is -2.70. The van der Waals surface area contributed by atoms with Crippen molar-refractivity contribution in [2.24, 2.45) is 0 Å². The molecule has 1 unspecified atom stereocenters. The molecular formula is C24H30N2O4. The van der Waals surface area contributed by atoms with Gasteiger partial charge in [0, 0.05) is 11.6 Å². The van der Waals surface area contributed by atoms with Crippen LogP contribution >= 0.6 is 0 Å². The van der Waals surface area contributed by atoms with Gasteiger partial charge in [0.15, 0.2) is 6.10 Å². The third-order valence-electron chi connectivity index (χ3n) is 5.41. The van der Waals surface area contributed by atoms with Crippen LogP contribution in [0.1, 0.15) is 68.3 Å². The quantitative estimate of drug-likeness (QED) is 0.763. The first kappa shape index (κ1) is 22.0. The third kappa shape index (κ3) is 4.40. The predicted molar refractivity (Wildman–Crippen MR) is 115 cm³/mol. The van der Waals surface area contributed by atoms with Gasteiger partial charge in [-0.1, -0.05) is 42.5 Å². The van der Waals surface area contributed by atoms with Crippen molar-refractivity contribution in [3.63, 3.8) is 0 Å². The number of nitrogens with zero attached hydrogens (tertiary/aromatic N) is 1. The maximum absolute atomic E-state index is 12.8. The van der Waals surface area contributed by atoms with Crippen molar-refractivity contribution in [2.45, 2.75) is 64.6 Å². The van der Waals surface area contributed by atoms with Crippen molar-refractivity contribution in [2.75, 3.05) is 0 Å². The van der Waals surface area contributed by atoms with Crippen LogP contribution in [0.15, 0.2) is 54.6 Å². The largest absolute Gasteiger partial charge is 0.386 e. The minimum atomic E-state index is -0.803. The Bertz CT molecular complexity index is 893. The number of carbonyl (C=O) groups excluding carboxylic acids is 2. The maximum atomic E-state index is 12.8. The Morgan fingerprint density at radius 2 is 1.67 bits per heavy atom. The molecular weight excluding hydrogens is 380 g/mol. The molecule has 0 aromatic heterocycles. The maximum Gasteiger partial charge on any atom is 0.258 e. The van der Waals surface area contributed by atoms with Crippen LogP contribution in [0.25, 0.3) is 0 Å². The van der Waals surface area contributed by atoms with E-state index in [4.69, 9.17) is 4.74 Å². The van der Waals surface area contributed by atoms with Gasteiger partial charge in [-0.2, -0.15) is 0 Å². The molecule has 0 aliphatic carbocycles. The molecule has 3 rings (SSSR count). The van der Waals surface area contributed by atoms with Crippen molar-refractivity contribution in [3.05, 3.63) is 71.3 Å². The number of rotatable bonds is 6. The van der Waals surface area contributed by atoms with E-state index in [0.29, 0.717) is 11.1 Å². The molecule has 6 nitrogen and oxygen atoms in total. The first-order valence-electron chi connectivity index (χ1n) is 10.3. The van der Waals surface area contributed by atoms with Crippen LogP contribution in [0.4, 0.5) is 0 Å². The van der Waals surface area contributed by atoms with Crippen LogP contribution in [0, 0.1) is 0 Å². The fourth-order valence-corrected chi connectivity index (χ4v) is 3.99. The van der Waals surface area contributed by atoms with Gasteiger partial charge in [-0.3, -0.25) is 9.59 Å². The number of amides is 2. The summed E-state index contributed by atoms with van der Waals surface area (Å²) in [6.07, 6.45) is -1.48. The summed E-state index contributed by atoms with van der Waals surface area (Å²) in [4.78, 5) is 27.2. The Morgan fingerprint density at radius 3 is 2.20 bits per heavy atom. The predicted octanol–water partition coefficient (Wildman–Crippen LogP) is 3.58. The van der Waals surface area contributed by atoms with Crippen LogP contribution < -0.4 is 5.32 Å². The number of benzene rings is 2. The summed E-state index contributed by atoms with van der Waals surface area (Å²) in [5, 5.41) is 13.3. The van der Waals surface area contributed by atoms with Crippen molar-refractivity contribution in [1.29, 1.82) is 0 Å². The third-order valence-corrected chi connectivity index (χ3v) is 5.41. The molecule has 2 aromatic rings. The van der Waals surface area contributed by atoms with E-state index in [1.54, 1.807) is 36.1 Å². The van der Waals surface area contributed by atoms with E-state index in [0.717, 1.165) is 5.56 Å². The highest BCUT2D eigenvalue weighted by atomic mass is 16.5. The lowest BCUT2D eigenvalue weighted by atomic mass is 10.0. The summed E-state index contributed by atoms with van der Waals surface area (Å²) < 4.78 is 6.01. The van der Waals surface area contributed by atoms with Crippen LogP contribution in [0.5, 0.6) is 0 Å². The molecule has 2 amide bonds. The van der Waals surface area contributed by atoms with Gasteiger partial charge in [0.2, 0.25) is 0 Å². The van der Waals surface area contributed by atoms with Gasteiger partial charge in [0.1, 0.15) is 5.72 Å². The summed E-state index contributed by atoms with van der Waals surface area (Å²) >= 11 is 0. The number of hydrogen-bond acceptors (Lipinski definition) is 4. The molecule has 0 spiro atoms. The summed E-state index contributed by atoms with van der Waals surface area (Å²) in [5.41, 5.74) is 1.23. The summed E-state index contributed by atoms with van der Waals surface area (Å²) in [6, 6.07) is 15.6. The minimum Gasteiger partial charge on any atom is -0.386 e. The monoisotopic (exact) mass is 410 g/mol. The van der Waals surface area contributed by atoms with Crippen LogP contribution in [-0.2, 0) is 9.53 Å². The smallest absolute Gasteiger partial charge is 0.258 e. The highest BCUT2D eigenvalue weighted by Gasteiger charge is 2.47. The Morgan fingerprint density at radius 1 is 1.07 bits per heavy atom. The van der Waals surface area contributed by atoms with Gasteiger partial charge < -0.3 is 20.1 Å². The molecule has 160 valence electrons. The molecule has 1 aliphatic heterocycles. The Kier molecular flexibility index (Phi) is 6.29. The molecule has 0 saturated carbocycles. The van der Waals surface area contributed by atoms with Gasteiger partial charge in [0.05, 0.1) is 12.1 Å². The topological polar surface area (TPSA) is 78.9 Å². The lowest BCUT2D eigenvalue weighted by Gasteiger charge is -2.32. The summed E-state index contributed by atoms with van der Waals surface area (Å²) in [5.74, 6) is -0.362. The number of nitrogens with one attached hydrogen (secondary N) is 1. The molecule has 1 heterocycles. The number of ether oxygens (including phenoxy) is 1. The van der Waals surface area contributed by atoms with Gasteiger partial charge in [-0.25, -0.2) is 0 Å². The normalized spacial score (nSPS) is 20.3. The van der Waals surface area contributed by atoms with Crippen molar-refractivity contribution in [1.82, 2.24) is 10.2 Å². The standard InChI is InChI=1S/C24H30N2O4/c1-15(2)26-23(29)21(30-24(26,4)5)18-11-13-19(14-12-18)22(28)25-16(3)20(27)17-9-7-6-8-10-17/h6-16,20-21,27H,1-5H3,(H,25,28)/t16-,20-,21?/m1/s1. The van der Waals surface area contributed by atoms with Crippen molar-refractivity contribution >= 4 is 11.8 Å². The van der Waals surface area contributed by atoms with E-state index >= 15 is 0 Å². The van der Waals surface area contributed by atoms with E-state index in [2.05, 4.69) is 5.32 Å². The van der Waals surface area contributed by atoms with E-state index in [-0.39, 0.29) is 17.9 Å². The molecule has 1 fully saturated rings. The van der Waals surface area contributed by atoms with Crippen molar-refractivity contribution < 1.29 is 19.4 Å². The van der Waals surface area contributed by atoms with Crippen LogP contribution in [0.2, 0.25) is 0 Å². The van der Waals surface area contributed by atoms with E-state index < -0.39 is 24.0 Å². The van der Waals surface area contributed by atoms with Gasteiger partial charge in [-0.05, 0) is 57.9 Å². The first-order valence-corrected chi connectivity index (χ1v) is 10.3. The van der Waals surface area contributed by atoms with Crippen molar-refractivity contribution in [3.8, 4) is 0 Å². The number of aliphatic hydroxyl groups is 1. The summed E-state index contributed by atoms with van der Waals surface area (Å²) in [6.45, 7) is 9.45. The lowest BCUT2D eigenvalue weighted by molar-refractivity contribution is -0.134. The zero-order chi connectivity index (χ0) is 22.1. The molecule has 0 radical (unpaired) electrons. The van der Waals surface area contributed by atoms with E-state index in [1.807, 2.05) is 58.0 Å². The van der Waals surface area contributed by atoms with E-state index in [1.165, 1.54) is 0 Å². The molecule has 2 N–H and O–H groups in total.